The van der Waals surface area contributed by atoms with E-state index in [1.165, 1.54) is 20.0 Å². The third kappa shape index (κ3) is 3.07. The van der Waals surface area contributed by atoms with E-state index >= 15 is 0 Å². The third-order valence-electron chi connectivity index (χ3n) is 2.69. The van der Waals surface area contributed by atoms with E-state index in [1.807, 2.05) is 12.1 Å². The minimum absolute atomic E-state index is 0.301. The molecule has 0 heterocycles. The van der Waals surface area contributed by atoms with E-state index in [9.17, 15) is 4.79 Å². The van der Waals surface area contributed by atoms with Crippen molar-refractivity contribution < 1.29 is 14.3 Å². The number of rotatable bonds is 5. The second kappa shape index (κ2) is 5.12. The molecule has 0 N–H and O–H groups in total. The summed E-state index contributed by atoms with van der Waals surface area (Å²) in [7, 11) is 1.38. The third-order valence-corrected chi connectivity index (χ3v) is 2.69. The molecule has 0 atom stereocenters. The summed E-state index contributed by atoms with van der Waals surface area (Å²) < 4.78 is 10.2. The van der Waals surface area contributed by atoms with E-state index in [2.05, 4.69) is 4.74 Å². The van der Waals surface area contributed by atoms with Crippen molar-refractivity contribution in [2.75, 3.05) is 13.7 Å². The largest absolute Gasteiger partial charge is 0.465 e. The normalized spacial score (nSPS) is 14.8. The Morgan fingerprint density at radius 2 is 2.00 bits per heavy atom. The van der Waals surface area contributed by atoms with Crippen LogP contribution in [0, 0.1) is 5.92 Å². The molecular formula is C13H16O3. The van der Waals surface area contributed by atoms with Crippen LogP contribution < -0.4 is 0 Å². The zero-order chi connectivity index (χ0) is 11.4. The Hall–Kier alpha value is -1.35. The van der Waals surface area contributed by atoms with Gasteiger partial charge in [0.05, 0.1) is 19.3 Å². The van der Waals surface area contributed by atoms with Crippen LogP contribution in [-0.2, 0) is 16.1 Å². The highest BCUT2D eigenvalue weighted by Gasteiger charge is 2.20. The molecule has 1 aliphatic rings. The van der Waals surface area contributed by atoms with Crippen LogP contribution >= 0.6 is 0 Å². The Morgan fingerprint density at radius 1 is 1.31 bits per heavy atom. The van der Waals surface area contributed by atoms with E-state index in [4.69, 9.17) is 4.74 Å². The molecule has 0 amide bonds. The van der Waals surface area contributed by atoms with Gasteiger partial charge in [0.1, 0.15) is 0 Å². The number of carbonyl (C=O) groups excluding carboxylic acids is 1. The van der Waals surface area contributed by atoms with Gasteiger partial charge in [0.15, 0.2) is 0 Å². The summed E-state index contributed by atoms with van der Waals surface area (Å²) in [6.45, 7) is 1.48. The van der Waals surface area contributed by atoms with Gasteiger partial charge in [-0.1, -0.05) is 12.1 Å². The van der Waals surface area contributed by atoms with Gasteiger partial charge in [-0.2, -0.15) is 0 Å². The summed E-state index contributed by atoms with van der Waals surface area (Å²) in [5, 5.41) is 0. The minimum Gasteiger partial charge on any atom is -0.465 e. The van der Waals surface area contributed by atoms with E-state index in [0.717, 1.165) is 18.1 Å². The van der Waals surface area contributed by atoms with E-state index in [-0.39, 0.29) is 5.97 Å². The molecule has 0 saturated heterocycles. The standard InChI is InChI=1S/C13H16O3/c1-15-13(14)12-6-4-11(5-7-12)9-16-8-10-2-3-10/h4-7,10H,2-3,8-9H2,1H3. The van der Waals surface area contributed by atoms with Gasteiger partial charge in [0.2, 0.25) is 0 Å². The molecule has 0 aliphatic heterocycles. The van der Waals surface area contributed by atoms with Crippen LogP contribution in [0.1, 0.15) is 28.8 Å². The molecule has 16 heavy (non-hydrogen) atoms. The number of hydrogen-bond donors (Lipinski definition) is 0. The second-order valence-electron chi connectivity index (χ2n) is 4.15. The van der Waals surface area contributed by atoms with Crippen molar-refractivity contribution in [2.45, 2.75) is 19.4 Å². The molecule has 86 valence electrons. The summed E-state index contributed by atoms with van der Waals surface area (Å²) in [5.74, 6) is 0.486. The number of benzene rings is 1. The number of esters is 1. The summed E-state index contributed by atoms with van der Waals surface area (Å²) >= 11 is 0. The lowest BCUT2D eigenvalue weighted by atomic mass is 10.1. The van der Waals surface area contributed by atoms with Crippen LogP contribution in [0.3, 0.4) is 0 Å². The van der Waals surface area contributed by atoms with Crippen molar-refractivity contribution in [2.24, 2.45) is 5.92 Å². The molecular weight excluding hydrogens is 204 g/mol. The molecule has 1 aromatic rings. The lowest BCUT2D eigenvalue weighted by molar-refractivity contribution is 0.0600. The molecule has 1 saturated carbocycles. The first kappa shape index (κ1) is 11.1. The van der Waals surface area contributed by atoms with Crippen molar-refractivity contribution in [1.82, 2.24) is 0 Å². The highest BCUT2D eigenvalue weighted by Crippen LogP contribution is 2.29. The highest BCUT2D eigenvalue weighted by molar-refractivity contribution is 5.89. The Kier molecular flexibility index (Phi) is 3.57. The Morgan fingerprint density at radius 3 is 2.56 bits per heavy atom. The maximum atomic E-state index is 11.2. The van der Waals surface area contributed by atoms with Crippen LogP contribution in [0.4, 0.5) is 0 Å². The molecule has 3 heteroatoms. The van der Waals surface area contributed by atoms with Gasteiger partial charge in [-0.3, -0.25) is 0 Å². The van der Waals surface area contributed by atoms with E-state index < -0.39 is 0 Å². The van der Waals surface area contributed by atoms with Crippen LogP contribution in [0.5, 0.6) is 0 Å². The molecule has 1 aliphatic carbocycles. The molecule has 0 aromatic heterocycles. The zero-order valence-electron chi connectivity index (χ0n) is 9.44. The van der Waals surface area contributed by atoms with Crippen molar-refractivity contribution in [3.63, 3.8) is 0 Å². The number of carbonyl (C=O) groups is 1. The zero-order valence-corrected chi connectivity index (χ0v) is 9.44. The number of hydrogen-bond acceptors (Lipinski definition) is 3. The van der Waals surface area contributed by atoms with Gasteiger partial charge in [-0.25, -0.2) is 4.79 Å². The Balaban J connectivity index is 1.83. The number of methoxy groups -OCH3 is 1. The molecule has 0 unspecified atom stereocenters. The first-order chi connectivity index (χ1) is 7.79. The lowest BCUT2D eigenvalue weighted by Gasteiger charge is -2.04. The fourth-order valence-corrected chi connectivity index (χ4v) is 1.48. The second-order valence-corrected chi connectivity index (χ2v) is 4.15. The molecule has 0 spiro atoms. The van der Waals surface area contributed by atoms with Crippen LogP contribution in [0.2, 0.25) is 0 Å². The van der Waals surface area contributed by atoms with Crippen molar-refractivity contribution in [3.05, 3.63) is 35.4 Å². The van der Waals surface area contributed by atoms with Gasteiger partial charge in [-0.15, -0.1) is 0 Å². The predicted molar refractivity (Wildman–Crippen MR) is 60.2 cm³/mol. The average Bonchev–Trinajstić information content (AvgIpc) is 3.13. The van der Waals surface area contributed by atoms with E-state index in [0.29, 0.717) is 12.2 Å². The summed E-state index contributed by atoms with van der Waals surface area (Å²) in [5.41, 5.74) is 1.67. The van der Waals surface area contributed by atoms with Gasteiger partial charge < -0.3 is 9.47 Å². The van der Waals surface area contributed by atoms with Crippen molar-refractivity contribution >= 4 is 5.97 Å². The van der Waals surface area contributed by atoms with Crippen molar-refractivity contribution in [1.29, 1.82) is 0 Å². The summed E-state index contributed by atoms with van der Waals surface area (Å²) in [6, 6.07) is 7.33. The number of ether oxygens (including phenoxy) is 2. The van der Waals surface area contributed by atoms with Gasteiger partial charge >= 0.3 is 5.97 Å². The summed E-state index contributed by atoms with van der Waals surface area (Å²) in [4.78, 5) is 11.2. The van der Waals surface area contributed by atoms with Crippen LogP contribution in [0.25, 0.3) is 0 Å². The fraction of sp³-hybridized carbons (Fsp3) is 0.462. The Bertz CT molecular complexity index is 352. The SMILES string of the molecule is COC(=O)c1ccc(COCC2CC2)cc1. The maximum absolute atomic E-state index is 11.2. The van der Waals surface area contributed by atoms with Crippen LogP contribution in [-0.4, -0.2) is 19.7 Å². The topological polar surface area (TPSA) is 35.5 Å². The highest BCUT2D eigenvalue weighted by atomic mass is 16.5. The molecule has 1 fully saturated rings. The fourth-order valence-electron chi connectivity index (χ4n) is 1.48. The minimum atomic E-state index is -0.301. The lowest BCUT2D eigenvalue weighted by Crippen LogP contribution is -2.01. The Labute approximate surface area is 95.4 Å². The monoisotopic (exact) mass is 220 g/mol. The molecule has 0 bridgehead atoms. The molecule has 1 aromatic carbocycles. The molecule has 0 radical (unpaired) electrons. The average molecular weight is 220 g/mol. The van der Waals surface area contributed by atoms with Gasteiger partial charge in [0, 0.05) is 6.61 Å². The quantitative estimate of drug-likeness (QED) is 0.715. The van der Waals surface area contributed by atoms with Crippen molar-refractivity contribution in [3.8, 4) is 0 Å². The van der Waals surface area contributed by atoms with E-state index in [1.54, 1.807) is 12.1 Å². The molecule has 3 nitrogen and oxygen atoms in total. The molecule has 2 rings (SSSR count). The summed E-state index contributed by atoms with van der Waals surface area (Å²) in [6.07, 6.45) is 2.61. The maximum Gasteiger partial charge on any atom is 0.337 e. The first-order valence-corrected chi connectivity index (χ1v) is 5.54. The smallest absolute Gasteiger partial charge is 0.337 e. The first-order valence-electron chi connectivity index (χ1n) is 5.54. The predicted octanol–water partition coefficient (Wildman–Crippen LogP) is 2.40. The van der Waals surface area contributed by atoms with Gasteiger partial charge in [-0.05, 0) is 36.5 Å². The van der Waals surface area contributed by atoms with Crippen LogP contribution in [0.15, 0.2) is 24.3 Å². The van der Waals surface area contributed by atoms with Gasteiger partial charge in [0.25, 0.3) is 0 Å².